The minimum atomic E-state index is -0.0653. The molecule has 1 saturated heterocycles. The Bertz CT molecular complexity index is 1090. The maximum Gasteiger partial charge on any atom is 0.229 e. The molecule has 0 bridgehead atoms. The first-order chi connectivity index (χ1) is 15.2. The number of carbonyl (C=O) groups is 1. The fraction of sp³-hybridized carbons (Fsp3) is 0.500. The Hall–Kier alpha value is -2.96. The second kappa shape index (κ2) is 8.65. The van der Waals surface area contributed by atoms with Crippen molar-refractivity contribution < 1.29 is 4.79 Å². The number of nitrogens with one attached hydrogen (secondary N) is 1. The van der Waals surface area contributed by atoms with Gasteiger partial charge in [0, 0.05) is 31.7 Å². The number of benzene rings is 1. The number of hydrogen-bond donors (Lipinski definition) is 1. The Morgan fingerprint density at radius 2 is 2.10 bits per heavy atom. The molecular formula is C24H30N6O. The molecule has 5 rings (SSSR count). The first kappa shape index (κ1) is 20.0. The third-order valence-electron chi connectivity index (χ3n) is 6.57. The van der Waals surface area contributed by atoms with Crippen LogP contribution in [-0.4, -0.2) is 38.5 Å². The predicted molar refractivity (Wildman–Crippen MR) is 122 cm³/mol. The van der Waals surface area contributed by atoms with Gasteiger partial charge in [0.1, 0.15) is 12.2 Å². The number of fused-ring (bicyclic) bond motifs is 3. The Morgan fingerprint density at radius 3 is 3.00 bits per heavy atom. The molecule has 2 aromatic heterocycles. The van der Waals surface area contributed by atoms with Gasteiger partial charge in [0.2, 0.25) is 5.91 Å². The van der Waals surface area contributed by atoms with Crippen LogP contribution in [0.3, 0.4) is 0 Å². The van der Waals surface area contributed by atoms with Gasteiger partial charge in [-0.3, -0.25) is 4.79 Å². The molecule has 7 heteroatoms. The Labute approximate surface area is 182 Å². The Morgan fingerprint density at radius 1 is 1.16 bits per heavy atom. The van der Waals surface area contributed by atoms with Crippen molar-refractivity contribution in [3.05, 3.63) is 42.0 Å². The van der Waals surface area contributed by atoms with E-state index in [0.717, 1.165) is 67.3 Å². The van der Waals surface area contributed by atoms with Crippen molar-refractivity contribution in [1.82, 2.24) is 19.5 Å². The summed E-state index contributed by atoms with van der Waals surface area (Å²) >= 11 is 0. The van der Waals surface area contributed by atoms with Crippen LogP contribution >= 0.6 is 0 Å². The van der Waals surface area contributed by atoms with E-state index in [-0.39, 0.29) is 11.8 Å². The highest BCUT2D eigenvalue weighted by atomic mass is 16.1. The van der Waals surface area contributed by atoms with Crippen LogP contribution in [0.4, 0.5) is 11.5 Å². The molecule has 1 atom stereocenters. The third kappa shape index (κ3) is 4.01. The number of aryl methyl sites for hydroxylation is 3. The van der Waals surface area contributed by atoms with Crippen molar-refractivity contribution in [2.75, 3.05) is 23.3 Å². The molecule has 4 heterocycles. The van der Waals surface area contributed by atoms with E-state index in [1.165, 1.54) is 24.8 Å². The number of anilines is 2. The van der Waals surface area contributed by atoms with Gasteiger partial charge in [0.25, 0.3) is 0 Å². The van der Waals surface area contributed by atoms with Crippen LogP contribution < -0.4 is 10.2 Å². The van der Waals surface area contributed by atoms with Crippen molar-refractivity contribution in [2.24, 2.45) is 5.92 Å². The van der Waals surface area contributed by atoms with Crippen LogP contribution in [0.2, 0.25) is 0 Å². The zero-order valence-corrected chi connectivity index (χ0v) is 18.2. The highest BCUT2D eigenvalue weighted by molar-refractivity contribution is 5.93. The Balaban J connectivity index is 1.36. The average Bonchev–Trinajstić information content (AvgIpc) is 3.00. The summed E-state index contributed by atoms with van der Waals surface area (Å²) in [6, 6.07) is 8.11. The van der Waals surface area contributed by atoms with E-state index in [0.29, 0.717) is 6.54 Å². The van der Waals surface area contributed by atoms with Crippen molar-refractivity contribution in [1.29, 1.82) is 0 Å². The van der Waals surface area contributed by atoms with E-state index in [4.69, 9.17) is 4.98 Å². The van der Waals surface area contributed by atoms with Crippen LogP contribution in [0.25, 0.3) is 11.2 Å². The number of imidazole rings is 1. The minimum absolute atomic E-state index is 0.0653. The summed E-state index contributed by atoms with van der Waals surface area (Å²) in [6.45, 7) is 4.65. The van der Waals surface area contributed by atoms with Crippen LogP contribution in [-0.2, 0) is 24.2 Å². The third-order valence-corrected chi connectivity index (χ3v) is 6.57. The van der Waals surface area contributed by atoms with E-state index in [2.05, 4.69) is 43.8 Å². The number of rotatable bonds is 4. The van der Waals surface area contributed by atoms with Crippen LogP contribution in [0.15, 0.2) is 30.6 Å². The summed E-state index contributed by atoms with van der Waals surface area (Å²) in [5.74, 6) is 2.01. The Kier molecular flexibility index (Phi) is 5.57. The van der Waals surface area contributed by atoms with Crippen LogP contribution in [0.5, 0.6) is 0 Å². The monoisotopic (exact) mass is 418 g/mol. The predicted octanol–water partition coefficient (Wildman–Crippen LogP) is 3.97. The highest BCUT2D eigenvalue weighted by Gasteiger charge is 2.29. The fourth-order valence-corrected chi connectivity index (χ4v) is 4.85. The minimum Gasteiger partial charge on any atom is -0.354 e. The molecule has 1 amide bonds. The summed E-state index contributed by atoms with van der Waals surface area (Å²) < 4.78 is 2.27. The highest BCUT2D eigenvalue weighted by Crippen LogP contribution is 2.29. The number of carbonyl (C=O) groups excluding carboxylic acids is 1. The summed E-state index contributed by atoms with van der Waals surface area (Å²) in [5.41, 5.74) is 3.93. The molecule has 1 N–H and O–H groups in total. The van der Waals surface area contributed by atoms with E-state index in [1.807, 2.05) is 12.1 Å². The van der Waals surface area contributed by atoms with Gasteiger partial charge >= 0.3 is 0 Å². The molecule has 31 heavy (non-hydrogen) atoms. The first-order valence-corrected chi connectivity index (χ1v) is 11.6. The molecule has 2 aliphatic heterocycles. The second-order valence-electron chi connectivity index (χ2n) is 8.69. The smallest absolute Gasteiger partial charge is 0.229 e. The first-order valence-electron chi connectivity index (χ1n) is 11.6. The van der Waals surface area contributed by atoms with E-state index in [1.54, 1.807) is 6.33 Å². The molecule has 0 saturated carbocycles. The van der Waals surface area contributed by atoms with Gasteiger partial charge < -0.3 is 14.8 Å². The largest absolute Gasteiger partial charge is 0.354 e. The molecule has 7 nitrogen and oxygen atoms in total. The maximum atomic E-state index is 13.0. The number of nitrogens with zero attached hydrogens (tertiary/aromatic N) is 5. The summed E-state index contributed by atoms with van der Waals surface area (Å²) in [4.78, 5) is 29.4. The summed E-state index contributed by atoms with van der Waals surface area (Å²) in [7, 11) is 0. The molecule has 3 aromatic rings. The molecule has 0 aliphatic carbocycles. The number of piperidine rings is 1. The normalized spacial score (nSPS) is 19.1. The lowest BCUT2D eigenvalue weighted by molar-refractivity contribution is -0.120. The zero-order valence-electron chi connectivity index (χ0n) is 18.2. The lowest BCUT2D eigenvalue weighted by Gasteiger charge is -2.32. The SMILES string of the molecule is CCc1cccc(NC(=O)[C@@H]2CCCN(c3ncnc4c3nc3n4CCCCC3)C2)c1. The van der Waals surface area contributed by atoms with E-state index < -0.39 is 0 Å². The van der Waals surface area contributed by atoms with Crippen molar-refractivity contribution >= 4 is 28.6 Å². The number of aromatic nitrogens is 4. The maximum absolute atomic E-state index is 13.0. The molecule has 0 radical (unpaired) electrons. The van der Waals surface area contributed by atoms with E-state index >= 15 is 0 Å². The lowest BCUT2D eigenvalue weighted by atomic mass is 9.97. The average molecular weight is 419 g/mol. The van der Waals surface area contributed by atoms with Gasteiger partial charge in [0.05, 0.1) is 5.92 Å². The second-order valence-corrected chi connectivity index (χ2v) is 8.69. The van der Waals surface area contributed by atoms with Gasteiger partial charge in [-0.05, 0) is 49.8 Å². The summed E-state index contributed by atoms with van der Waals surface area (Å²) in [5, 5.41) is 3.12. The molecule has 0 unspecified atom stereocenters. The van der Waals surface area contributed by atoms with E-state index in [9.17, 15) is 4.79 Å². The van der Waals surface area contributed by atoms with Crippen molar-refractivity contribution in [2.45, 2.75) is 58.4 Å². The standard InChI is InChI=1S/C24H30N6O/c1-2-17-8-6-10-19(14-17)27-24(31)18-9-7-12-29(15-18)22-21-23(26-16-25-22)30-13-5-3-4-11-20(30)28-21/h6,8,10,14,16,18H,2-5,7,9,11-13,15H2,1H3,(H,27,31)/t18-/m1/s1. The molecule has 1 aromatic carbocycles. The van der Waals surface area contributed by atoms with Gasteiger partial charge in [-0.2, -0.15) is 0 Å². The van der Waals surface area contributed by atoms with Crippen molar-refractivity contribution in [3.63, 3.8) is 0 Å². The van der Waals surface area contributed by atoms with Gasteiger partial charge in [-0.25, -0.2) is 15.0 Å². The van der Waals surface area contributed by atoms with Crippen molar-refractivity contribution in [3.8, 4) is 0 Å². The van der Waals surface area contributed by atoms with Crippen LogP contribution in [0, 0.1) is 5.92 Å². The molecular weight excluding hydrogens is 388 g/mol. The van der Waals surface area contributed by atoms with Gasteiger partial charge in [-0.1, -0.05) is 25.5 Å². The number of amides is 1. The molecule has 162 valence electrons. The van der Waals surface area contributed by atoms with Gasteiger partial charge in [-0.15, -0.1) is 0 Å². The van der Waals surface area contributed by atoms with Crippen LogP contribution in [0.1, 0.15) is 50.4 Å². The number of hydrogen-bond acceptors (Lipinski definition) is 5. The summed E-state index contributed by atoms with van der Waals surface area (Å²) in [6.07, 6.45) is 9.05. The quantitative estimate of drug-likeness (QED) is 0.694. The lowest BCUT2D eigenvalue weighted by Crippen LogP contribution is -2.41. The molecule has 0 spiro atoms. The molecule has 2 aliphatic rings. The molecule has 1 fully saturated rings. The fourth-order valence-electron chi connectivity index (χ4n) is 4.85. The van der Waals surface area contributed by atoms with Gasteiger partial charge in [0.15, 0.2) is 17.0 Å². The topological polar surface area (TPSA) is 75.9 Å². The zero-order chi connectivity index (χ0) is 21.2.